The molecule has 0 radical (unpaired) electrons. The van der Waals surface area contributed by atoms with Gasteiger partial charge in [-0.05, 0) is 5.41 Å². The quantitative estimate of drug-likeness (QED) is 0.782. The second-order valence-corrected chi connectivity index (χ2v) is 7.33. The lowest BCUT2D eigenvalue weighted by molar-refractivity contribution is -0.0875. The standard InChI is InChI=1S/C9H18F2N2OS/c1-8(2,3)6-15(12,14)13-7-4-9(10,11)5-7/h7H,4-6H2,1-3H3,(H2,12,13,14). The molecule has 6 heteroatoms. The van der Waals surface area contributed by atoms with Crippen LogP contribution in [0.2, 0.25) is 0 Å². The molecule has 0 aromatic heterocycles. The van der Waals surface area contributed by atoms with E-state index in [1.54, 1.807) is 0 Å². The van der Waals surface area contributed by atoms with Crippen LogP contribution in [0.3, 0.4) is 0 Å². The molecule has 2 N–H and O–H groups in total. The van der Waals surface area contributed by atoms with E-state index < -0.39 is 21.9 Å². The van der Waals surface area contributed by atoms with Crippen molar-refractivity contribution in [2.45, 2.75) is 45.6 Å². The summed E-state index contributed by atoms with van der Waals surface area (Å²) in [7, 11) is -2.93. The number of hydrogen-bond donors (Lipinski definition) is 2. The third-order valence-electron chi connectivity index (χ3n) is 2.08. The van der Waals surface area contributed by atoms with Crippen LogP contribution in [0.5, 0.6) is 0 Å². The fourth-order valence-electron chi connectivity index (χ4n) is 1.67. The van der Waals surface area contributed by atoms with Crippen LogP contribution in [-0.4, -0.2) is 21.9 Å². The smallest absolute Gasteiger partial charge is 0.240 e. The molecule has 0 aliphatic heterocycles. The molecule has 0 heterocycles. The lowest BCUT2D eigenvalue weighted by Gasteiger charge is -2.36. The Balaban J connectivity index is 2.46. The topological polar surface area (TPSA) is 53.0 Å². The van der Waals surface area contributed by atoms with Gasteiger partial charge in [0.25, 0.3) is 5.92 Å². The molecule has 15 heavy (non-hydrogen) atoms. The molecule has 1 fully saturated rings. The average Bonchev–Trinajstić information content (AvgIpc) is 1.73. The summed E-state index contributed by atoms with van der Waals surface area (Å²) in [6.45, 7) is 5.62. The van der Waals surface area contributed by atoms with Gasteiger partial charge in [0.15, 0.2) is 0 Å². The molecular formula is C9H18F2N2OS. The lowest BCUT2D eigenvalue weighted by Crippen LogP contribution is -2.51. The van der Waals surface area contributed by atoms with E-state index in [2.05, 4.69) is 4.72 Å². The van der Waals surface area contributed by atoms with E-state index >= 15 is 0 Å². The molecule has 0 aromatic carbocycles. The summed E-state index contributed by atoms with van der Waals surface area (Å²) >= 11 is 0. The van der Waals surface area contributed by atoms with Gasteiger partial charge in [-0.25, -0.2) is 22.5 Å². The number of alkyl halides is 2. The second kappa shape index (κ2) is 3.66. The highest BCUT2D eigenvalue weighted by Gasteiger charge is 2.46. The Morgan fingerprint density at radius 3 is 2.27 bits per heavy atom. The highest BCUT2D eigenvalue weighted by molar-refractivity contribution is 7.90. The monoisotopic (exact) mass is 240 g/mol. The van der Waals surface area contributed by atoms with Crippen molar-refractivity contribution in [2.75, 3.05) is 5.75 Å². The molecule has 0 amide bonds. The van der Waals surface area contributed by atoms with E-state index in [9.17, 15) is 13.0 Å². The SMILES string of the molecule is CC(C)(C)CS(=N)(=O)NC1CC(F)(F)C1. The Labute approximate surface area is 89.7 Å². The molecular weight excluding hydrogens is 222 g/mol. The van der Waals surface area contributed by atoms with Gasteiger partial charge in [0.1, 0.15) is 9.92 Å². The van der Waals surface area contributed by atoms with Crippen LogP contribution < -0.4 is 4.72 Å². The van der Waals surface area contributed by atoms with Gasteiger partial charge in [-0.15, -0.1) is 0 Å². The summed E-state index contributed by atoms with van der Waals surface area (Å²) in [5, 5.41) is 0. The zero-order chi connectivity index (χ0) is 11.9. The molecule has 1 aliphatic rings. The van der Waals surface area contributed by atoms with E-state index in [4.69, 9.17) is 4.78 Å². The lowest BCUT2D eigenvalue weighted by atomic mass is 9.89. The van der Waals surface area contributed by atoms with Crippen molar-refractivity contribution in [1.82, 2.24) is 4.72 Å². The van der Waals surface area contributed by atoms with Crippen molar-refractivity contribution in [1.29, 1.82) is 4.78 Å². The maximum atomic E-state index is 12.5. The zero-order valence-electron chi connectivity index (χ0n) is 9.27. The average molecular weight is 240 g/mol. The highest BCUT2D eigenvalue weighted by atomic mass is 32.2. The van der Waals surface area contributed by atoms with Crippen LogP contribution in [0.4, 0.5) is 8.78 Å². The molecule has 0 spiro atoms. The van der Waals surface area contributed by atoms with Crippen LogP contribution in [0.25, 0.3) is 0 Å². The fourth-order valence-corrected chi connectivity index (χ4v) is 3.67. The molecule has 0 bridgehead atoms. The van der Waals surface area contributed by atoms with Gasteiger partial charge in [0.2, 0.25) is 0 Å². The number of rotatable bonds is 3. The summed E-state index contributed by atoms with van der Waals surface area (Å²) in [5.41, 5.74) is -0.238. The van der Waals surface area contributed by atoms with E-state index in [1.807, 2.05) is 20.8 Å². The van der Waals surface area contributed by atoms with E-state index in [1.165, 1.54) is 0 Å². The molecule has 1 atom stereocenters. The van der Waals surface area contributed by atoms with Crippen molar-refractivity contribution >= 4 is 9.92 Å². The summed E-state index contributed by atoms with van der Waals surface area (Å²) in [6, 6.07) is -0.465. The van der Waals surface area contributed by atoms with Gasteiger partial charge in [-0.1, -0.05) is 20.8 Å². The van der Waals surface area contributed by atoms with Gasteiger partial charge in [0, 0.05) is 18.9 Å². The van der Waals surface area contributed by atoms with Crippen molar-refractivity contribution in [3.05, 3.63) is 0 Å². The first-order chi connectivity index (χ1) is 6.49. The summed E-state index contributed by atoms with van der Waals surface area (Å²) in [5.74, 6) is -2.45. The minimum absolute atomic E-state index is 0.183. The molecule has 1 unspecified atom stereocenters. The van der Waals surface area contributed by atoms with Gasteiger partial charge >= 0.3 is 0 Å². The third-order valence-corrected chi connectivity index (χ3v) is 4.07. The molecule has 0 saturated heterocycles. The van der Waals surface area contributed by atoms with Crippen LogP contribution >= 0.6 is 0 Å². The van der Waals surface area contributed by atoms with Crippen LogP contribution in [0, 0.1) is 10.2 Å². The largest absolute Gasteiger partial charge is 0.251 e. The predicted molar refractivity (Wildman–Crippen MR) is 56.3 cm³/mol. The first-order valence-corrected chi connectivity index (χ1v) is 6.63. The number of hydrogen-bond acceptors (Lipinski definition) is 2. The van der Waals surface area contributed by atoms with Crippen LogP contribution in [-0.2, 0) is 9.92 Å². The minimum atomic E-state index is -2.93. The van der Waals surface area contributed by atoms with Crippen molar-refractivity contribution in [3.63, 3.8) is 0 Å². The van der Waals surface area contributed by atoms with Crippen LogP contribution in [0.1, 0.15) is 33.6 Å². The Kier molecular flexibility index (Phi) is 3.13. The van der Waals surface area contributed by atoms with Crippen LogP contribution in [0.15, 0.2) is 0 Å². The molecule has 1 rings (SSSR count). The fraction of sp³-hybridized carbons (Fsp3) is 1.00. The normalized spacial score (nSPS) is 25.7. The molecule has 0 aromatic rings. The second-order valence-electron chi connectivity index (χ2n) is 5.46. The molecule has 1 saturated carbocycles. The maximum absolute atomic E-state index is 12.5. The molecule has 1 aliphatic carbocycles. The first kappa shape index (κ1) is 12.8. The van der Waals surface area contributed by atoms with Crippen molar-refractivity contribution < 1.29 is 13.0 Å². The van der Waals surface area contributed by atoms with E-state index in [0.717, 1.165) is 0 Å². The third kappa shape index (κ3) is 4.42. The predicted octanol–water partition coefficient (Wildman–Crippen LogP) is 2.38. The Bertz CT molecular complexity index is 325. The number of halogens is 2. The minimum Gasteiger partial charge on any atom is -0.240 e. The zero-order valence-corrected chi connectivity index (χ0v) is 10.1. The summed E-state index contributed by atoms with van der Waals surface area (Å²) in [6.07, 6.45) is -0.597. The summed E-state index contributed by atoms with van der Waals surface area (Å²) < 4.78 is 46.8. The molecule has 90 valence electrons. The number of nitrogens with one attached hydrogen (secondary N) is 2. The Morgan fingerprint density at radius 1 is 1.47 bits per heavy atom. The molecule has 3 nitrogen and oxygen atoms in total. The van der Waals surface area contributed by atoms with E-state index in [0.29, 0.717) is 0 Å². The van der Waals surface area contributed by atoms with Crippen molar-refractivity contribution in [2.24, 2.45) is 5.41 Å². The van der Waals surface area contributed by atoms with Gasteiger partial charge < -0.3 is 0 Å². The first-order valence-electron chi connectivity index (χ1n) is 4.91. The summed E-state index contributed by atoms with van der Waals surface area (Å²) in [4.78, 5) is 0. The maximum Gasteiger partial charge on any atom is 0.251 e. The Morgan fingerprint density at radius 2 is 1.93 bits per heavy atom. The van der Waals surface area contributed by atoms with Crippen molar-refractivity contribution in [3.8, 4) is 0 Å². The van der Waals surface area contributed by atoms with Gasteiger partial charge in [-0.2, -0.15) is 0 Å². The van der Waals surface area contributed by atoms with E-state index in [-0.39, 0.29) is 24.0 Å². The van der Waals surface area contributed by atoms with Gasteiger partial charge in [-0.3, -0.25) is 0 Å². The Hall–Kier alpha value is -0.230. The highest BCUT2D eigenvalue weighted by Crippen LogP contribution is 2.37. The van der Waals surface area contributed by atoms with Gasteiger partial charge in [0.05, 0.1) is 5.75 Å².